The molecule has 2 aliphatic rings. The standard InChI is InChI=1S/C21H25FN2O4S/c1-15-3-4-20(9-16(15)2)29(25,26)24-7-5-23(6-8-24)12-17-10-19(22)11-18-13-27-14-28-21(17)18/h3-4,9-11H,5-8,12-14H2,1-2H3. The minimum atomic E-state index is -3.51. The van der Waals surface area contributed by atoms with Crippen LogP contribution in [0.25, 0.3) is 0 Å². The van der Waals surface area contributed by atoms with Gasteiger partial charge in [0, 0.05) is 43.9 Å². The van der Waals surface area contributed by atoms with Crippen LogP contribution in [0.1, 0.15) is 22.3 Å². The molecule has 2 aliphatic heterocycles. The number of hydrogen-bond acceptors (Lipinski definition) is 5. The zero-order valence-corrected chi connectivity index (χ0v) is 17.5. The molecule has 29 heavy (non-hydrogen) atoms. The molecule has 0 unspecified atom stereocenters. The lowest BCUT2D eigenvalue weighted by Crippen LogP contribution is -2.48. The van der Waals surface area contributed by atoms with Crippen LogP contribution in [-0.4, -0.2) is 50.6 Å². The summed E-state index contributed by atoms with van der Waals surface area (Å²) in [6.07, 6.45) is 0. The van der Waals surface area contributed by atoms with Crippen molar-refractivity contribution in [2.24, 2.45) is 0 Å². The van der Waals surface area contributed by atoms with E-state index in [0.717, 1.165) is 16.7 Å². The lowest BCUT2D eigenvalue weighted by Gasteiger charge is -2.34. The summed E-state index contributed by atoms with van der Waals surface area (Å²) in [5, 5.41) is 0. The van der Waals surface area contributed by atoms with Crippen LogP contribution in [-0.2, 0) is 27.9 Å². The predicted octanol–water partition coefficient (Wildman–Crippen LogP) is 2.82. The first-order valence-corrected chi connectivity index (χ1v) is 11.1. The Labute approximate surface area is 170 Å². The number of nitrogens with zero attached hydrogens (tertiary/aromatic N) is 2. The van der Waals surface area contributed by atoms with E-state index < -0.39 is 10.0 Å². The van der Waals surface area contributed by atoms with Gasteiger partial charge in [-0.25, -0.2) is 12.8 Å². The lowest BCUT2D eigenvalue weighted by atomic mass is 10.1. The van der Waals surface area contributed by atoms with Crippen molar-refractivity contribution in [3.63, 3.8) is 0 Å². The van der Waals surface area contributed by atoms with E-state index in [4.69, 9.17) is 9.47 Å². The quantitative estimate of drug-likeness (QED) is 0.761. The molecule has 8 heteroatoms. The monoisotopic (exact) mass is 420 g/mol. The zero-order valence-electron chi connectivity index (χ0n) is 16.7. The molecule has 2 aromatic carbocycles. The first-order chi connectivity index (χ1) is 13.8. The van der Waals surface area contributed by atoms with Gasteiger partial charge in [-0.1, -0.05) is 6.07 Å². The maximum atomic E-state index is 14.0. The molecule has 2 aromatic rings. The van der Waals surface area contributed by atoms with Crippen LogP contribution in [0.2, 0.25) is 0 Å². The third-order valence-corrected chi connectivity index (χ3v) is 7.49. The summed E-state index contributed by atoms with van der Waals surface area (Å²) in [6, 6.07) is 8.17. The Morgan fingerprint density at radius 3 is 2.52 bits per heavy atom. The molecule has 0 saturated carbocycles. The van der Waals surface area contributed by atoms with Gasteiger partial charge in [-0.15, -0.1) is 0 Å². The first kappa shape index (κ1) is 20.3. The molecule has 0 aromatic heterocycles. The van der Waals surface area contributed by atoms with Crippen LogP contribution in [0, 0.1) is 19.7 Å². The Morgan fingerprint density at radius 1 is 1.03 bits per heavy atom. The fourth-order valence-electron chi connectivity index (χ4n) is 3.77. The number of hydrogen-bond donors (Lipinski definition) is 0. The molecule has 0 spiro atoms. The summed E-state index contributed by atoms with van der Waals surface area (Å²) in [6.45, 7) is 6.84. The normalized spacial score (nSPS) is 18.3. The number of halogens is 1. The SMILES string of the molecule is Cc1ccc(S(=O)(=O)N2CCN(Cc3cc(F)cc4c3OCOC4)CC2)cc1C. The van der Waals surface area contributed by atoms with Gasteiger partial charge in [-0.2, -0.15) is 4.31 Å². The number of piperazine rings is 1. The highest BCUT2D eigenvalue weighted by atomic mass is 32.2. The number of ether oxygens (including phenoxy) is 2. The number of fused-ring (bicyclic) bond motifs is 1. The molecular weight excluding hydrogens is 395 g/mol. The average Bonchev–Trinajstić information content (AvgIpc) is 2.70. The van der Waals surface area contributed by atoms with E-state index in [2.05, 4.69) is 4.90 Å². The van der Waals surface area contributed by atoms with Crippen molar-refractivity contribution in [1.82, 2.24) is 9.21 Å². The molecule has 0 aliphatic carbocycles. The molecule has 6 nitrogen and oxygen atoms in total. The molecule has 1 saturated heterocycles. The number of benzene rings is 2. The van der Waals surface area contributed by atoms with Gasteiger partial charge in [-0.3, -0.25) is 4.90 Å². The molecule has 0 bridgehead atoms. The molecule has 156 valence electrons. The summed E-state index contributed by atoms with van der Waals surface area (Å²) >= 11 is 0. The van der Waals surface area contributed by atoms with Crippen LogP contribution in [0.5, 0.6) is 5.75 Å². The highest BCUT2D eigenvalue weighted by Crippen LogP contribution is 2.31. The smallest absolute Gasteiger partial charge is 0.243 e. The highest BCUT2D eigenvalue weighted by Gasteiger charge is 2.29. The van der Waals surface area contributed by atoms with Gasteiger partial charge in [0.05, 0.1) is 11.5 Å². The summed E-state index contributed by atoms with van der Waals surface area (Å²) in [5.41, 5.74) is 3.51. The van der Waals surface area contributed by atoms with Gasteiger partial charge < -0.3 is 9.47 Å². The van der Waals surface area contributed by atoms with E-state index in [-0.39, 0.29) is 12.6 Å². The molecule has 0 N–H and O–H groups in total. The van der Waals surface area contributed by atoms with E-state index in [0.29, 0.717) is 55.5 Å². The summed E-state index contributed by atoms with van der Waals surface area (Å²) < 4.78 is 52.3. The molecule has 4 rings (SSSR count). The van der Waals surface area contributed by atoms with E-state index in [9.17, 15) is 12.8 Å². The zero-order chi connectivity index (χ0) is 20.6. The van der Waals surface area contributed by atoms with Gasteiger partial charge in [0.1, 0.15) is 11.6 Å². The van der Waals surface area contributed by atoms with Crippen LogP contribution in [0.4, 0.5) is 4.39 Å². The van der Waals surface area contributed by atoms with Gasteiger partial charge in [0.2, 0.25) is 10.0 Å². The second kappa shape index (κ2) is 8.02. The van der Waals surface area contributed by atoms with Crippen LogP contribution in [0.3, 0.4) is 0 Å². The van der Waals surface area contributed by atoms with E-state index >= 15 is 0 Å². The van der Waals surface area contributed by atoms with Gasteiger partial charge in [0.15, 0.2) is 6.79 Å². The van der Waals surface area contributed by atoms with Crippen LogP contribution in [0.15, 0.2) is 35.2 Å². The van der Waals surface area contributed by atoms with Gasteiger partial charge in [-0.05, 0) is 49.2 Å². The summed E-state index contributed by atoms with van der Waals surface area (Å²) in [7, 11) is -3.51. The fourth-order valence-corrected chi connectivity index (χ4v) is 5.27. The lowest BCUT2D eigenvalue weighted by molar-refractivity contribution is -0.0178. The Balaban J connectivity index is 1.45. The maximum Gasteiger partial charge on any atom is 0.243 e. The highest BCUT2D eigenvalue weighted by molar-refractivity contribution is 7.89. The minimum absolute atomic E-state index is 0.160. The van der Waals surface area contributed by atoms with Gasteiger partial charge >= 0.3 is 0 Å². The Kier molecular flexibility index (Phi) is 5.61. The Hall–Kier alpha value is -2.00. The molecule has 0 radical (unpaired) electrons. The number of rotatable bonds is 4. The maximum absolute atomic E-state index is 14.0. The molecular formula is C21H25FN2O4S. The second-order valence-electron chi connectivity index (χ2n) is 7.59. The molecule has 1 fully saturated rings. The predicted molar refractivity (Wildman–Crippen MR) is 107 cm³/mol. The first-order valence-electron chi connectivity index (χ1n) is 9.66. The van der Waals surface area contributed by atoms with Crippen LogP contribution >= 0.6 is 0 Å². The average molecular weight is 421 g/mol. The van der Waals surface area contributed by atoms with Crippen molar-refractivity contribution in [2.75, 3.05) is 33.0 Å². The largest absolute Gasteiger partial charge is 0.467 e. The van der Waals surface area contributed by atoms with E-state index in [1.165, 1.54) is 16.4 Å². The Bertz CT molecular complexity index is 1020. The third-order valence-electron chi connectivity index (χ3n) is 5.59. The molecule has 0 atom stereocenters. The van der Waals surface area contributed by atoms with Crippen molar-refractivity contribution in [3.05, 3.63) is 58.4 Å². The van der Waals surface area contributed by atoms with Crippen LogP contribution < -0.4 is 4.74 Å². The van der Waals surface area contributed by atoms with Crippen molar-refractivity contribution >= 4 is 10.0 Å². The van der Waals surface area contributed by atoms with Crippen molar-refractivity contribution in [2.45, 2.75) is 31.9 Å². The topological polar surface area (TPSA) is 59.1 Å². The van der Waals surface area contributed by atoms with E-state index in [1.54, 1.807) is 12.1 Å². The van der Waals surface area contributed by atoms with Crippen molar-refractivity contribution < 1.29 is 22.3 Å². The second-order valence-corrected chi connectivity index (χ2v) is 9.53. The van der Waals surface area contributed by atoms with Gasteiger partial charge in [0.25, 0.3) is 0 Å². The van der Waals surface area contributed by atoms with Crippen molar-refractivity contribution in [3.8, 4) is 5.75 Å². The minimum Gasteiger partial charge on any atom is -0.467 e. The summed E-state index contributed by atoms with van der Waals surface area (Å²) in [4.78, 5) is 2.46. The number of sulfonamides is 1. The molecule has 2 heterocycles. The Morgan fingerprint density at radius 2 is 1.79 bits per heavy atom. The van der Waals surface area contributed by atoms with Crippen molar-refractivity contribution in [1.29, 1.82) is 0 Å². The third kappa shape index (κ3) is 4.16. The number of aryl methyl sites for hydroxylation is 2. The molecule has 0 amide bonds. The van der Waals surface area contributed by atoms with E-state index in [1.807, 2.05) is 19.9 Å². The summed E-state index contributed by atoms with van der Waals surface area (Å²) in [5.74, 6) is 0.367. The fraction of sp³-hybridized carbons (Fsp3) is 0.429.